The van der Waals surface area contributed by atoms with Crippen molar-refractivity contribution in [1.29, 1.82) is 0 Å². The molecule has 0 spiro atoms. The highest BCUT2D eigenvalue weighted by Crippen LogP contribution is 2.38. The summed E-state index contributed by atoms with van der Waals surface area (Å²) in [6.07, 6.45) is 8.64. The van der Waals surface area contributed by atoms with Gasteiger partial charge in [0.1, 0.15) is 30.3 Å². The number of nitrogens with zero attached hydrogens (tertiary/aromatic N) is 6. The SMILES string of the molecule is Cc1nccn1-c1cc(Nc2ccc(NC(=O)Cn3cnc(C4CC4)cc3=O)cc2)ncn1. The van der Waals surface area contributed by atoms with E-state index >= 15 is 0 Å². The van der Waals surface area contributed by atoms with Crippen molar-refractivity contribution in [2.24, 2.45) is 0 Å². The lowest BCUT2D eigenvalue weighted by Crippen LogP contribution is -2.27. The van der Waals surface area contributed by atoms with E-state index in [0.29, 0.717) is 23.2 Å². The fourth-order valence-electron chi connectivity index (χ4n) is 3.47. The van der Waals surface area contributed by atoms with Crippen LogP contribution in [0.15, 0.2) is 66.2 Å². The average molecular weight is 442 g/mol. The Labute approximate surface area is 189 Å². The molecule has 0 atom stereocenters. The van der Waals surface area contributed by atoms with Crippen LogP contribution in [0.4, 0.5) is 17.2 Å². The third-order valence-corrected chi connectivity index (χ3v) is 5.38. The van der Waals surface area contributed by atoms with Gasteiger partial charge in [0.2, 0.25) is 5.91 Å². The van der Waals surface area contributed by atoms with Crippen molar-refractivity contribution in [3.05, 3.63) is 83.3 Å². The van der Waals surface area contributed by atoms with E-state index in [-0.39, 0.29) is 18.0 Å². The molecule has 0 radical (unpaired) electrons. The van der Waals surface area contributed by atoms with Gasteiger partial charge in [-0.2, -0.15) is 0 Å². The zero-order valence-electron chi connectivity index (χ0n) is 18.0. The number of hydrogen-bond donors (Lipinski definition) is 2. The third kappa shape index (κ3) is 4.79. The number of nitrogens with one attached hydrogen (secondary N) is 2. The summed E-state index contributed by atoms with van der Waals surface area (Å²) in [4.78, 5) is 41.6. The van der Waals surface area contributed by atoms with Gasteiger partial charge < -0.3 is 10.6 Å². The van der Waals surface area contributed by atoms with Crippen LogP contribution in [-0.2, 0) is 11.3 Å². The van der Waals surface area contributed by atoms with Gasteiger partial charge in [0.15, 0.2) is 0 Å². The number of carbonyl (C=O) groups excluding carboxylic acids is 1. The Bertz CT molecular complexity index is 1360. The van der Waals surface area contributed by atoms with Gasteiger partial charge in [-0.1, -0.05) is 0 Å². The van der Waals surface area contributed by atoms with Crippen molar-refractivity contribution >= 4 is 23.1 Å². The van der Waals surface area contributed by atoms with E-state index < -0.39 is 0 Å². The Kier molecular flexibility index (Phi) is 5.39. The minimum Gasteiger partial charge on any atom is -0.340 e. The quantitative estimate of drug-likeness (QED) is 0.452. The van der Waals surface area contributed by atoms with Crippen molar-refractivity contribution in [2.75, 3.05) is 10.6 Å². The van der Waals surface area contributed by atoms with Crippen molar-refractivity contribution in [3.63, 3.8) is 0 Å². The monoisotopic (exact) mass is 442 g/mol. The smallest absolute Gasteiger partial charge is 0.254 e. The molecule has 2 N–H and O–H groups in total. The maximum absolute atomic E-state index is 12.4. The first-order valence-electron chi connectivity index (χ1n) is 10.6. The van der Waals surface area contributed by atoms with Crippen LogP contribution in [0.5, 0.6) is 0 Å². The first-order valence-corrected chi connectivity index (χ1v) is 10.6. The molecule has 0 bridgehead atoms. The first-order chi connectivity index (χ1) is 16.0. The lowest BCUT2D eigenvalue weighted by atomic mass is 10.2. The van der Waals surface area contributed by atoms with Crippen LogP contribution >= 0.6 is 0 Å². The maximum atomic E-state index is 12.4. The summed E-state index contributed by atoms with van der Waals surface area (Å²) in [5.41, 5.74) is 2.03. The van der Waals surface area contributed by atoms with Crippen molar-refractivity contribution < 1.29 is 4.79 Å². The van der Waals surface area contributed by atoms with Crippen LogP contribution in [0.1, 0.15) is 30.3 Å². The van der Waals surface area contributed by atoms with E-state index in [0.717, 1.165) is 30.0 Å². The summed E-state index contributed by atoms with van der Waals surface area (Å²) in [5.74, 6) is 2.27. The zero-order chi connectivity index (χ0) is 22.8. The molecule has 1 aliphatic rings. The lowest BCUT2D eigenvalue weighted by Gasteiger charge is -2.10. The molecule has 3 aromatic heterocycles. The van der Waals surface area contributed by atoms with Crippen LogP contribution < -0.4 is 16.2 Å². The molecule has 4 aromatic rings. The topological polar surface area (TPSA) is 120 Å². The van der Waals surface area contributed by atoms with Gasteiger partial charge in [-0.05, 0) is 44.0 Å². The standard InChI is InChI=1S/C23H22N8O2/c1-15-24-8-9-31(15)21-11-20(25-13-26-21)28-17-4-6-18(7-5-17)29-22(32)12-30-14-27-19(10-23(30)33)16-2-3-16/h4-11,13-14,16H,2-3,12H2,1H3,(H,29,32)(H,25,26,28). The van der Waals surface area contributed by atoms with Gasteiger partial charge in [-0.3, -0.25) is 18.7 Å². The molecule has 1 saturated carbocycles. The Balaban J connectivity index is 1.21. The second-order valence-corrected chi connectivity index (χ2v) is 7.91. The van der Waals surface area contributed by atoms with E-state index in [2.05, 4.69) is 30.6 Å². The highest BCUT2D eigenvalue weighted by atomic mass is 16.2. The lowest BCUT2D eigenvalue weighted by molar-refractivity contribution is -0.116. The fourth-order valence-corrected chi connectivity index (χ4v) is 3.47. The number of carbonyl (C=O) groups is 1. The van der Waals surface area contributed by atoms with Crippen LogP contribution in [0.3, 0.4) is 0 Å². The Morgan fingerprint density at radius 3 is 2.55 bits per heavy atom. The van der Waals surface area contributed by atoms with Gasteiger partial charge in [0, 0.05) is 41.8 Å². The highest BCUT2D eigenvalue weighted by Gasteiger charge is 2.25. The predicted molar refractivity (Wildman–Crippen MR) is 123 cm³/mol. The third-order valence-electron chi connectivity index (χ3n) is 5.38. The maximum Gasteiger partial charge on any atom is 0.254 e. The van der Waals surface area contributed by atoms with E-state index in [1.165, 1.54) is 23.3 Å². The Morgan fingerprint density at radius 2 is 1.85 bits per heavy atom. The van der Waals surface area contributed by atoms with E-state index in [4.69, 9.17) is 0 Å². The number of imidazole rings is 1. The molecule has 1 aliphatic carbocycles. The van der Waals surface area contributed by atoms with Crippen LogP contribution in [0.25, 0.3) is 5.82 Å². The van der Waals surface area contributed by atoms with Gasteiger partial charge in [0.25, 0.3) is 5.56 Å². The van der Waals surface area contributed by atoms with Crippen LogP contribution in [0, 0.1) is 6.92 Å². The van der Waals surface area contributed by atoms with Gasteiger partial charge >= 0.3 is 0 Å². The second-order valence-electron chi connectivity index (χ2n) is 7.91. The summed E-state index contributed by atoms with van der Waals surface area (Å²) in [7, 11) is 0. The predicted octanol–water partition coefficient (Wildman–Crippen LogP) is 2.79. The molecule has 0 aliphatic heterocycles. The molecule has 10 heteroatoms. The summed E-state index contributed by atoms with van der Waals surface area (Å²) in [6, 6.07) is 10.6. The van der Waals surface area contributed by atoms with E-state index in [1.54, 1.807) is 18.3 Å². The second kappa shape index (κ2) is 8.65. The summed E-state index contributed by atoms with van der Waals surface area (Å²) in [5, 5.41) is 6.02. The molecule has 1 amide bonds. The first kappa shape index (κ1) is 20.6. The molecule has 3 heterocycles. The van der Waals surface area contributed by atoms with Crippen molar-refractivity contribution in [2.45, 2.75) is 32.2 Å². The largest absolute Gasteiger partial charge is 0.340 e. The van der Waals surface area contributed by atoms with E-state index in [9.17, 15) is 9.59 Å². The number of aromatic nitrogens is 6. The molecule has 1 aromatic carbocycles. The minimum absolute atomic E-state index is 0.0891. The number of hydrogen-bond acceptors (Lipinski definition) is 7. The molecular weight excluding hydrogens is 420 g/mol. The Hall–Kier alpha value is -4.34. The van der Waals surface area contributed by atoms with Crippen molar-refractivity contribution in [3.8, 4) is 5.82 Å². The number of aryl methyl sites for hydroxylation is 1. The normalized spacial score (nSPS) is 13.0. The highest BCUT2D eigenvalue weighted by molar-refractivity contribution is 5.90. The van der Waals surface area contributed by atoms with E-state index in [1.807, 2.05) is 35.9 Å². The molecule has 0 saturated heterocycles. The number of benzene rings is 1. The van der Waals surface area contributed by atoms with Gasteiger partial charge in [0.05, 0.1) is 12.0 Å². The minimum atomic E-state index is -0.296. The van der Waals surface area contributed by atoms with Gasteiger partial charge in [-0.15, -0.1) is 0 Å². The number of rotatable bonds is 7. The molecule has 5 rings (SSSR count). The fraction of sp³-hybridized carbons (Fsp3) is 0.217. The molecule has 0 unspecified atom stereocenters. The number of anilines is 3. The average Bonchev–Trinajstić information content (AvgIpc) is 3.57. The van der Waals surface area contributed by atoms with Crippen LogP contribution in [-0.4, -0.2) is 35.0 Å². The molecule has 33 heavy (non-hydrogen) atoms. The number of amides is 1. The summed E-state index contributed by atoms with van der Waals surface area (Å²) >= 11 is 0. The van der Waals surface area contributed by atoms with Crippen LogP contribution in [0.2, 0.25) is 0 Å². The summed E-state index contributed by atoms with van der Waals surface area (Å²) in [6.45, 7) is 1.81. The molecule has 1 fully saturated rings. The molecular formula is C23H22N8O2. The van der Waals surface area contributed by atoms with Gasteiger partial charge in [-0.25, -0.2) is 19.9 Å². The molecule has 166 valence electrons. The molecule has 10 nitrogen and oxygen atoms in total. The zero-order valence-corrected chi connectivity index (χ0v) is 18.0. The van der Waals surface area contributed by atoms with Crippen molar-refractivity contribution in [1.82, 2.24) is 29.1 Å². The summed E-state index contributed by atoms with van der Waals surface area (Å²) < 4.78 is 3.18. The Morgan fingerprint density at radius 1 is 1.06 bits per heavy atom.